The molecule has 3 rings (SSSR count). The largest absolute Gasteiger partial charge is 0.387 e. The van der Waals surface area contributed by atoms with Gasteiger partial charge in [-0.3, -0.25) is 9.78 Å². The Morgan fingerprint density at radius 2 is 1.64 bits per heavy atom. The zero-order valence-corrected chi connectivity index (χ0v) is 15.7. The summed E-state index contributed by atoms with van der Waals surface area (Å²) < 4.78 is 0. The summed E-state index contributed by atoms with van der Waals surface area (Å²) in [7, 11) is 0. The Balaban J connectivity index is 1.39. The molecule has 3 N–H and O–H groups in total. The monoisotopic (exact) mass is 375 g/mol. The highest BCUT2D eigenvalue weighted by atomic mass is 16.3. The van der Waals surface area contributed by atoms with E-state index in [2.05, 4.69) is 15.6 Å². The molecule has 0 radical (unpaired) electrons. The third-order valence-corrected chi connectivity index (χ3v) is 4.46. The molecule has 0 aliphatic heterocycles. The minimum Gasteiger partial charge on any atom is -0.387 e. The molecule has 1 amide bonds. The van der Waals surface area contributed by atoms with Gasteiger partial charge in [0.25, 0.3) is 0 Å². The van der Waals surface area contributed by atoms with E-state index in [-0.39, 0.29) is 5.91 Å². The highest BCUT2D eigenvalue weighted by molar-refractivity contribution is 5.92. The summed E-state index contributed by atoms with van der Waals surface area (Å²) >= 11 is 0. The molecule has 2 aromatic carbocycles. The minimum absolute atomic E-state index is 0.0458. The van der Waals surface area contributed by atoms with Crippen molar-refractivity contribution in [3.05, 3.63) is 95.8 Å². The second-order valence-electron chi connectivity index (χ2n) is 6.66. The lowest BCUT2D eigenvalue weighted by Crippen LogP contribution is -2.23. The number of rotatable bonds is 9. The molecule has 0 spiro atoms. The summed E-state index contributed by atoms with van der Waals surface area (Å²) in [5, 5.41) is 16.3. The van der Waals surface area contributed by atoms with Crippen LogP contribution in [-0.4, -0.2) is 29.1 Å². The van der Waals surface area contributed by atoms with Gasteiger partial charge in [-0.2, -0.15) is 0 Å². The SMILES string of the molecule is O=C(Cc1ccncc1)Nc1ccc(CCNCC(O)c2ccccc2)cc1. The summed E-state index contributed by atoms with van der Waals surface area (Å²) in [5.74, 6) is -0.0458. The predicted octanol–water partition coefficient (Wildman–Crippen LogP) is 3.13. The van der Waals surface area contributed by atoms with Crippen molar-refractivity contribution in [1.29, 1.82) is 0 Å². The van der Waals surface area contributed by atoms with Crippen LogP contribution < -0.4 is 10.6 Å². The summed E-state index contributed by atoms with van der Waals surface area (Å²) in [5.41, 5.74) is 3.82. The standard InChI is InChI=1S/C23H25N3O2/c27-22(20-4-2-1-3-5-20)17-25-15-10-18-6-8-21(9-7-18)26-23(28)16-19-11-13-24-14-12-19/h1-9,11-14,22,25,27H,10,15-17H2,(H,26,28). The molecule has 0 fully saturated rings. The molecule has 1 heterocycles. The van der Waals surface area contributed by atoms with Gasteiger partial charge in [-0.15, -0.1) is 0 Å². The average molecular weight is 375 g/mol. The fourth-order valence-corrected chi connectivity index (χ4v) is 2.91. The van der Waals surface area contributed by atoms with Crippen molar-refractivity contribution in [1.82, 2.24) is 10.3 Å². The molecule has 0 bridgehead atoms. The number of anilines is 1. The van der Waals surface area contributed by atoms with Crippen molar-refractivity contribution in [2.45, 2.75) is 18.9 Å². The Morgan fingerprint density at radius 1 is 0.929 bits per heavy atom. The van der Waals surface area contributed by atoms with Gasteiger partial charge in [0, 0.05) is 24.6 Å². The molecular weight excluding hydrogens is 350 g/mol. The lowest BCUT2D eigenvalue weighted by atomic mass is 10.1. The minimum atomic E-state index is -0.501. The smallest absolute Gasteiger partial charge is 0.228 e. The van der Waals surface area contributed by atoms with Gasteiger partial charge in [-0.25, -0.2) is 0 Å². The van der Waals surface area contributed by atoms with Crippen LogP contribution in [0.15, 0.2) is 79.1 Å². The number of benzene rings is 2. The number of pyridine rings is 1. The first-order valence-corrected chi connectivity index (χ1v) is 9.42. The Hall–Kier alpha value is -3.02. The van der Waals surface area contributed by atoms with Gasteiger partial charge in [0.2, 0.25) is 5.91 Å². The van der Waals surface area contributed by atoms with E-state index in [0.717, 1.165) is 29.8 Å². The molecule has 28 heavy (non-hydrogen) atoms. The van der Waals surface area contributed by atoms with Crippen LogP contribution in [0.5, 0.6) is 0 Å². The van der Waals surface area contributed by atoms with Gasteiger partial charge < -0.3 is 15.7 Å². The van der Waals surface area contributed by atoms with E-state index in [1.54, 1.807) is 12.4 Å². The zero-order valence-electron chi connectivity index (χ0n) is 15.7. The van der Waals surface area contributed by atoms with Crippen LogP contribution in [0, 0.1) is 0 Å². The van der Waals surface area contributed by atoms with Crippen LogP contribution in [0.4, 0.5) is 5.69 Å². The van der Waals surface area contributed by atoms with Gasteiger partial charge in [0.05, 0.1) is 12.5 Å². The third kappa shape index (κ3) is 6.30. The maximum Gasteiger partial charge on any atom is 0.228 e. The van der Waals surface area contributed by atoms with E-state index in [9.17, 15) is 9.90 Å². The Labute approximate surface area is 165 Å². The number of hydrogen-bond acceptors (Lipinski definition) is 4. The molecule has 0 aliphatic rings. The van der Waals surface area contributed by atoms with E-state index in [1.807, 2.05) is 66.7 Å². The molecule has 5 heteroatoms. The van der Waals surface area contributed by atoms with Crippen molar-refractivity contribution in [2.24, 2.45) is 0 Å². The van der Waals surface area contributed by atoms with E-state index in [4.69, 9.17) is 0 Å². The zero-order chi connectivity index (χ0) is 19.6. The predicted molar refractivity (Wildman–Crippen MR) is 111 cm³/mol. The maximum absolute atomic E-state index is 12.1. The second kappa shape index (κ2) is 10.3. The van der Waals surface area contributed by atoms with Crippen LogP contribution in [-0.2, 0) is 17.6 Å². The second-order valence-corrected chi connectivity index (χ2v) is 6.66. The number of nitrogens with zero attached hydrogens (tertiary/aromatic N) is 1. The third-order valence-electron chi connectivity index (χ3n) is 4.46. The quantitative estimate of drug-likeness (QED) is 0.503. The van der Waals surface area contributed by atoms with E-state index >= 15 is 0 Å². The highest BCUT2D eigenvalue weighted by Crippen LogP contribution is 2.12. The lowest BCUT2D eigenvalue weighted by Gasteiger charge is -2.12. The first kappa shape index (κ1) is 19.7. The molecule has 1 atom stereocenters. The first-order valence-electron chi connectivity index (χ1n) is 9.42. The Morgan fingerprint density at radius 3 is 2.36 bits per heavy atom. The maximum atomic E-state index is 12.1. The van der Waals surface area contributed by atoms with E-state index in [1.165, 1.54) is 5.56 Å². The van der Waals surface area contributed by atoms with Crippen LogP contribution in [0.1, 0.15) is 22.8 Å². The van der Waals surface area contributed by atoms with Crippen LogP contribution >= 0.6 is 0 Å². The van der Waals surface area contributed by atoms with Gasteiger partial charge in [-0.1, -0.05) is 42.5 Å². The van der Waals surface area contributed by atoms with Gasteiger partial charge >= 0.3 is 0 Å². The van der Waals surface area contributed by atoms with Crippen LogP contribution in [0.25, 0.3) is 0 Å². The number of aliphatic hydroxyl groups is 1. The number of nitrogens with one attached hydrogen (secondary N) is 2. The molecule has 1 aromatic heterocycles. The van der Waals surface area contributed by atoms with Crippen molar-refractivity contribution in [3.63, 3.8) is 0 Å². The summed E-state index contributed by atoms with van der Waals surface area (Å²) in [6, 6.07) is 21.2. The molecular formula is C23H25N3O2. The van der Waals surface area contributed by atoms with Gasteiger partial charge in [-0.05, 0) is 53.9 Å². The highest BCUT2D eigenvalue weighted by Gasteiger charge is 2.06. The van der Waals surface area contributed by atoms with Crippen molar-refractivity contribution < 1.29 is 9.90 Å². The van der Waals surface area contributed by atoms with Crippen molar-refractivity contribution in [3.8, 4) is 0 Å². The number of carbonyl (C=O) groups excluding carboxylic acids is 1. The number of aliphatic hydroxyl groups excluding tert-OH is 1. The van der Waals surface area contributed by atoms with Crippen molar-refractivity contribution >= 4 is 11.6 Å². The molecule has 0 saturated heterocycles. The van der Waals surface area contributed by atoms with Crippen LogP contribution in [0.3, 0.4) is 0 Å². The fraction of sp³-hybridized carbons (Fsp3) is 0.217. The molecule has 144 valence electrons. The molecule has 3 aromatic rings. The average Bonchev–Trinajstić information content (AvgIpc) is 2.73. The number of carbonyl (C=O) groups is 1. The van der Waals surface area contributed by atoms with E-state index < -0.39 is 6.10 Å². The van der Waals surface area contributed by atoms with Gasteiger partial charge in [0.15, 0.2) is 0 Å². The van der Waals surface area contributed by atoms with E-state index in [0.29, 0.717) is 13.0 Å². The number of aromatic nitrogens is 1. The Bertz CT molecular complexity index is 852. The molecule has 5 nitrogen and oxygen atoms in total. The molecule has 0 aliphatic carbocycles. The topological polar surface area (TPSA) is 74.2 Å². The summed E-state index contributed by atoms with van der Waals surface area (Å²) in [4.78, 5) is 16.0. The summed E-state index contributed by atoms with van der Waals surface area (Å²) in [6.07, 6.45) is 4.05. The molecule has 0 saturated carbocycles. The number of amides is 1. The lowest BCUT2D eigenvalue weighted by molar-refractivity contribution is -0.115. The summed E-state index contributed by atoms with van der Waals surface area (Å²) in [6.45, 7) is 1.30. The fourth-order valence-electron chi connectivity index (χ4n) is 2.91. The van der Waals surface area contributed by atoms with Crippen molar-refractivity contribution in [2.75, 3.05) is 18.4 Å². The normalized spacial score (nSPS) is 11.8. The first-order chi connectivity index (χ1) is 13.7. The van der Waals surface area contributed by atoms with Gasteiger partial charge in [0.1, 0.15) is 0 Å². The molecule has 1 unspecified atom stereocenters. The van der Waals surface area contributed by atoms with Crippen LogP contribution in [0.2, 0.25) is 0 Å². The Kier molecular flexibility index (Phi) is 7.29. The number of hydrogen-bond donors (Lipinski definition) is 3.